The highest BCUT2D eigenvalue weighted by molar-refractivity contribution is 6.01. The summed E-state index contributed by atoms with van der Waals surface area (Å²) in [5.41, 5.74) is 7.34. The summed E-state index contributed by atoms with van der Waals surface area (Å²) < 4.78 is 0. The fourth-order valence-electron chi connectivity index (χ4n) is 4.77. The summed E-state index contributed by atoms with van der Waals surface area (Å²) in [6.07, 6.45) is 8.03. The molecule has 1 saturated heterocycles. The van der Waals surface area contributed by atoms with Crippen molar-refractivity contribution < 1.29 is 4.79 Å². The Morgan fingerprint density at radius 1 is 1.00 bits per heavy atom. The molecule has 0 aliphatic carbocycles. The van der Waals surface area contributed by atoms with Crippen LogP contribution in [0.4, 0.5) is 16.2 Å². The quantitative estimate of drug-likeness (QED) is 0.366. The van der Waals surface area contributed by atoms with Gasteiger partial charge >= 0.3 is 6.03 Å². The predicted molar refractivity (Wildman–Crippen MR) is 135 cm³/mol. The van der Waals surface area contributed by atoms with E-state index in [0.717, 1.165) is 59.5 Å². The molecule has 0 radical (unpaired) electrons. The number of piperidine rings is 1. The molecule has 0 bridgehead atoms. The zero-order chi connectivity index (χ0) is 22.8. The van der Waals surface area contributed by atoms with Crippen molar-refractivity contribution in [3.8, 4) is 11.1 Å². The van der Waals surface area contributed by atoms with Gasteiger partial charge < -0.3 is 20.5 Å². The Morgan fingerprint density at radius 3 is 2.42 bits per heavy atom. The molecule has 1 fully saturated rings. The number of benzene rings is 2. The van der Waals surface area contributed by atoms with Gasteiger partial charge in [-0.05, 0) is 111 Å². The number of aromatic amines is 1. The summed E-state index contributed by atoms with van der Waals surface area (Å²) in [4.78, 5) is 22.6. The van der Waals surface area contributed by atoms with Crippen molar-refractivity contribution in [1.82, 2.24) is 14.9 Å². The number of aromatic nitrogens is 2. The van der Waals surface area contributed by atoms with Crippen molar-refractivity contribution in [2.45, 2.75) is 25.7 Å². The molecule has 2 aromatic carbocycles. The molecule has 33 heavy (non-hydrogen) atoms. The summed E-state index contributed by atoms with van der Waals surface area (Å²) in [5.74, 6) is 0.556. The van der Waals surface area contributed by atoms with E-state index in [0.29, 0.717) is 5.92 Å². The van der Waals surface area contributed by atoms with Gasteiger partial charge in [-0.1, -0.05) is 6.07 Å². The maximum atomic E-state index is 12.7. The van der Waals surface area contributed by atoms with E-state index in [9.17, 15) is 4.79 Å². The van der Waals surface area contributed by atoms with E-state index in [1.54, 1.807) is 12.4 Å². The molecule has 3 N–H and O–H groups in total. The largest absolute Gasteiger partial charge is 0.361 e. The molecule has 0 atom stereocenters. The summed E-state index contributed by atoms with van der Waals surface area (Å²) in [7, 11) is 2.18. The van der Waals surface area contributed by atoms with Gasteiger partial charge in [0.15, 0.2) is 0 Å². The molecule has 1 aliphatic rings. The molecular weight excluding hydrogens is 410 g/mol. The minimum absolute atomic E-state index is 0.248. The number of urea groups is 1. The third kappa shape index (κ3) is 4.61. The van der Waals surface area contributed by atoms with Gasteiger partial charge in [0, 0.05) is 40.9 Å². The first-order chi connectivity index (χ1) is 16.1. The standard InChI is InChI=1S/C27H29N5O/c1-18-15-21(3-5-23(18)19-7-11-28-12-8-19)30-27(33)31-22-4-6-26-24(16-22)25(17-29-26)20-9-13-32(2)14-10-20/h3-8,11-12,15-17,20,29H,9-10,13-14H2,1-2H3,(H2,30,31,33). The molecule has 2 aromatic heterocycles. The van der Waals surface area contributed by atoms with Crippen LogP contribution in [0.3, 0.4) is 0 Å². The summed E-state index contributed by atoms with van der Waals surface area (Å²) in [5, 5.41) is 7.15. The molecule has 2 amide bonds. The maximum absolute atomic E-state index is 12.7. The van der Waals surface area contributed by atoms with Crippen LogP contribution in [0.5, 0.6) is 0 Å². The Bertz CT molecular complexity index is 1270. The molecule has 6 heteroatoms. The number of pyridine rings is 1. The second kappa shape index (κ2) is 9.08. The van der Waals surface area contributed by atoms with Gasteiger partial charge in [-0.25, -0.2) is 4.79 Å². The van der Waals surface area contributed by atoms with Crippen molar-refractivity contribution in [3.05, 3.63) is 78.2 Å². The lowest BCUT2D eigenvalue weighted by Gasteiger charge is -2.28. The van der Waals surface area contributed by atoms with Crippen molar-refractivity contribution in [3.63, 3.8) is 0 Å². The van der Waals surface area contributed by atoms with Crippen LogP contribution in [-0.4, -0.2) is 41.0 Å². The molecular formula is C27H29N5O. The SMILES string of the molecule is Cc1cc(NC(=O)Nc2ccc3[nH]cc(C4CCN(C)CC4)c3c2)ccc1-c1ccncc1. The van der Waals surface area contributed by atoms with E-state index >= 15 is 0 Å². The topological polar surface area (TPSA) is 73.1 Å². The highest BCUT2D eigenvalue weighted by Crippen LogP contribution is 2.34. The third-order valence-corrected chi connectivity index (χ3v) is 6.61. The predicted octanol–water partition coefficient (Wildman–Crippen LogP) is 5.99. The zero-order valence-electron chi connectivity index (χ0n) is 19.1. The van der Waals surface area contributed by atoms with Crippen LogP contribution < -0.4 is 10.6 Å². The van der Waals surface area contributed by atoms with Crippen LogP contribution in [0.15, 0.2) is 67.1 Å². The van der Waals surface area contributed by atoms with E-state index in [1.807, 2.05) is 49.4 Å². The normalized spacial score (nSPS) is 15.0. The Hall–Kier alpha value is -3.64. The van der Waals surface area contributed by atoms with Gasteiger partial charge in [0.05, 0.1) is 0 Å². The number of nitrogens with zero attached hydrogens (tertiary/aromatic N) is 2. The smallest absolute Gasteiger partial charge is 0.323 e. The van der Waals surface area contributed by atoms with E-state index in [2.05, 4.69) is 44.8 Å². The van der Waals surface area contributed by atoms with E-state index in [4.69, 9.17) is 0 Å². The Labute approximate surface area is 194 Å². The third-order valence-electron chi connectivity index (χ3n) is 6.61. The van der Waals surface area contributed by atoms with Crippen molar-refractivity contribution in [2.75, 3.05) is 30.8 Å². The van der Waals surface area contributed by atoms with Gasteiger partial charge in [-0.3, -0.25) is 4.98 Å². The van der Waals surface area contributed by atoms with Crippen molar-refractivity contribution >= 4 is 28.3 Å². The highest BCUT2D eigenvalue weighted by Gasteiger charge is 2.21. The average Bonchev–Trinajstić information content (AvgIpc) is 3.23. The van der Waals surface area contributed by atoms with E-state index in [1.165, 1.54) is 10.9 Å². The first-order valence-electron chi connectivity index (χ1n) is 11.5. The van der Waals surface area contributed by atoms with Crippen LogP contribution in [-0.2, 0) is 0 Å². The first kappa shape index (κ1) is 21.2. The number of carbonyl (C=O) groups excluding carboxylic acids is 1. The average molecular weight is 440 g/mol. The van der Waals surface area contributed by atoms with Gasteiger partial charge in [-0.15, -0.1) is 0 Å². The molecule has 1 aliphatic heterocycles. The Balaban J connectivity index is 1.29. The Kier molecular flexibility index (Phi) is 5.84. The minimum Gasteiger partial charge on any atom is -0.361 e. The van der Waals surface area contributed by atoms with Gasteiger partial charge in [-0.2, -0.15) is 0 Å². The fraction of sp³-hybridized carbons (Fsp3) is 0.259. The van der Waals surface area contributed by atoms with E-state index < -0.39 is 0 Å². The molecule has 4 aromatic rings. The fourth-order valence-corrected chi connectivity index (χ4v) is 4.77. The molecule has 0 saturated carbocycles. The maximum Gasteiger partial charge on any atom is 0.323 e. The second-order valence-electron chi connectivity index (χ2n) is 8.93. The number of hydrogen-bond donors (Lipinski definition) is 3. The second-order valence-corrected chi connectivity index (χ2v) is 8.93. The number of hydrogen-bond acceptors (Lipinski definition) is 3. The zero-order valence-corrected chi connectivity index (χ0v) is 19.1. The number of likely N-dealkylation sites (tertiary alicyclic amines) is 1. The first-order valence-corrected chi connectivity index (χ1v) is 11.5. The highest BCUT2D eigenvalue weighted by atomic mass is 16.2. The molecule has 5 rings (SSSR count). The molecule has 0 spiro atoms. The Morgan fingerprint density at radius 2 is 1.70 bits per heavy atom. The van der Waals surface area contributed by atoms with Crippen molar-refractivity contribution in [2.24, 2.45) is 0 Å². The van der Waals surface area contributed by atoms with Gasteiger partial charge in [0.25, 0.3) is 0 Å². The minimum atomic E-state index is -0.248. The summed E-state index contributed by atoms with van der Waals surface area (Å²) >= 11 is 0. The number of H-pyrrole nitrogens is 1. The number of amides is 2. The molecule has 3 heterocycles. The molecule has 168 valence electrons. The number of fused-ring (bicyclic) bond motifs is 1. The lowest BCUT2D eigenvalue weighted by atomic mass is 9.89. The van der Waals surface area contributed by atoms with Crippen LogP contribution in [0.25, 0.3) is 22.0 Å². The monoisotopic (exact) mass is 439 g/mol. The van der Waals surface area contributed by atoms with E-state index in [-0.39, 0.29) is 6.03 Å². The van der Waals surface area contributed by atoms with Crippen molar-refractivity contribution in [1.29, 1.82) is 0 Å². The summed E-state index contributed by atoms with van der Waals surface area (Å²) in [6, 6.07) is 15.7. The van der Waals surface area contributed by atoms with Crippen LogP contribution >= 0.6 is 0 Å². The lowest BCUT2D eigenvalue weighted by molar-refractivity contribution is 0.256. The van der Waals surface area contributed by atoms with Gasteiger partial charge in [0.2, 0.25) is 0 Å². The number of nitrogens with one attached hydrogen (secondary N) is 3. The lowest BCUT2D eigenvalue weighted by Crippen LogP contribution is -2.29. The number of rotatable bonds is 4. The van der Waals surface area contributed by atoms with Crippen LogP contribution in [0.1, 0.15) is 29.9 Å². The number of aryl methyl sites for hydroxylation is 1. The molecule has 0 unspecified atom stereocenters. The summed E-state index contributed by atoms with van der Waals surface area (Å²) in [6.45, 7) is 4.29. The molecule has 6 nitrogen and oxygen atoms in total. The van der Waals surface area contributed by atoms with Crippen LogP contribution in [0.2, 0.25) is 0 Å². The van der Waals surface area contributed by atoms with Gasteiger partial charge in [0.1, 0.15) is 0 Å². The number of anilines is 2. The number of carbonyl (C=O) groups is 1. The van der Waals surface area contributed by atoms with Crippen LogP contribution in [0, 0.1) is 6.92 Å².